The van der Waals surface area contributed by atoms with Gasteiger partial charge in [0.1, 0.15) is 17.6 Å². The summed E-state index contributed by atoms with van der Waals surface area (Å²) in [5.41, 5.74) is 0.264. The summed E-state index contributed by atoms with van der Waals surface area (Å²) in [6.45, 7) is 1.43. The standard InChI is InChI=1S/C17H18BrFN2O4S/c1-11(17(22)20-16-9-4-12(18)10-15(16)19)21(26(3,23)24)13-5-7-14(25-2)8-6-13/h4-11H,1-3H3,(H,20,22)/t11-/m1/s1. The number of methoxy groups -OCH3 is 1. The number of sulfonamides is 1. The lowest BCUT2D eigenvalue weighted by Gasteiger charge is -2.28. The van der Waals surface area contributed by atoms with Gasteiger partial charge in [-0.15, -0.1) is 0 Å². The maximum atomic E-state index is 13.9. The first-order valence-electron chi connectivity index (χ1n) is 7.53. The predicted molar refractivity (Wildman–Crippen MR) is 103 cm³/mol. The number of carbonyl (C=O) groups excluding carboxylic acids is 1. The van der Waals surface area contributed by atoms with E-state index >= 15 is 0 Å². The van der Waals surface area contributed by atoms with Gasteiger partial charge in [-0.2, -0.15) is 0 Å². The Bertz CT molecular complexity index is 903. The van der Waals surface area contributed by atoms with E-state index in [0.29, 0.717) is 15.9 Å². The van der Waals surface area contributed by atoms with Crippen LogP contribution < -0.4 is 14.4 Å². The predicted octanol–water partition coefficient (Wildman–Crippen LogP) is 3.39. The number of halogens is 2. The zero-order chi connectivity index (χ0) is 19.5. The molecule has 26 heavy (non-hydrogen) atoms. The van der Waals surface area contributed by atoms with Crippen LogP contribution in [0, 0.1) is 5.82 Å². The molecule has 2 aromatic rings. The topological polar surface area (TPSA) is 75.7 Å². The van der Waals surface area contributed by atoms with Crippen LogP contribution in [0.25, 0.3) is 0 Å². The molecular weight excluding hydrogens is 427 g/mol. The highest BCUT2D eigenvalue weighted by Gasteiger charge is 2.29. The summed E-state index contributed by atoms with van der Waals surface area (Å²) in [5.74, 6) is -0.737. The molecule has 2 aromatic carbocycles. The van der Waals surface area contributed by atoms with Crippen LogP contribution in [0.2, 0.25) is 0 Å². The van der Waals surface area contributed by atoms with Crippen LogP contribution in [0.4, 0.5) is 15.8 Å². The molecule has 6 nitrogen and oxygen atoms in total. The van der Waals surface area contributed by atoms with Gasteiger partial charge in [-0.1, -0.05) is 15.9 Å². The highest BCUT2D eigenvalue weighted by molar-refractivity contribution is 9.10. The van der Waals surface area contributed by atoms with E-state index in [1.807, 2.05) is 0 Å². The minimum Gasteiger partial charge on any atom is -0.497 e. The molecule has 0 spiro atoms. The normalized spacial score (nSPS) is 12.3. The van der Waals surface area contributed by atoms with Crippen LogP contribution in [0.3, 0.4) is 0 Å². The molecule has 9 heteroatoms. The Balaban J connectivity index is 2.30. The molecule has 0 radical (unpaired) electrons. The number of rotatable bonds is 6. The number of nitrogens with one attached hydrogen (secondary N) is 1. The van der Waals surface area contributed by atoms with Gasteiger partial charge in [0, 0.05) is 4.47 Å². The molecule has 2 rings (SSSR count). The van der Waals surface area contributed by atoms with Crippen LogP contribution in [0.15, 0.2) is 46.9 Å². The molecule has 0 aliphatic heterocycles. The van der Waals surface area contributed by atoms with Crippen molar-refractivity contribution >= 4 is 43.2 Å². The third-order valence-electron chi connectivity index (χ3n) is 3.60. The van der Waals surface area contributed by atoms with E-state index in [9.17, 15) is 17.6 Å². The summed E-state index contributed by atoms with van der Waals surface area (Å²) in [5, 5.41) is 2.42. The van der Waals surface area contributed by atoms with Crippen LogP contribution >= 0.6 is 15.9 Å². The molecule has 0 aliphatic rings. The highest BCUT2D eigenvalue weighted by atomic mass is 79.9. The number of ether oxygens (including phenoxy) is 1. The van der Waals surface area contributed by atoms with Crippen LogP contribution in [-0.2, 0) is 14.8 Å². The third kappa shape index (κ3) is 4.73. The number of nitrogens with zero attached hydrogens (tertiary/aromatic N) is 1. The minimum atomic E-state index is -3.76. The van der Waals surface area contributed by atoms with Gasteiger partial charge in [-0.25, -0.2) is 12.8 Å². The Hall–Kier alpha value is -2.13. The van der Waals surface area contributed by atoms with Crippen molar-refractivity contribution in [3.05, 3.63) is 52.8 Å². The smallest absolute Gasteiger partial charge is 0.248 e. The van der Waals surface area contributed by atoms with Crippen LogP contribution in [-0.4, -0.2) is 33.7 Å². The molecule has 0 heterocycles. The fourth-order valence-electron chi connectivity index (χ4n) is 2.37. The largest absolute Gasteiger partial charge is 0.497 e. The van der Waals surface area contributed by atoms with E-state index in [1.165, 1.54) is 38.3 Å². The van der Waals surface area contributed by atoms with E-state index in [2.05, 4.69) is 21.2 Å². The molecule has 1 amide bonds. The van der Waals surface area contributed by atoms with Crippen molar-refractivity contribution in [2.24, 2.45) is 0 Å². The minimum absolute atomic E-state index is 0.0340. The highest BCUT2D eigenvalue weighted by Crippen LogP contribution is 2.25. The van der Waals surface area contributed by atoms with Gasteiger partial charge >= 0.3 is 0 Å². The van der Waals surface area contributed by atoms with Gasteiger partial charge in [0.25, 0.3) is 0 Å². The first-order chi connectivity index (χ1) is 12.1. The van der Waals surface area contributed by atoms with Crippen molar-refractivity contribution in [2.75, 3.05) is 23.0 Å². The van der Waals surface area contributed by atoms with Gasteiger partial charge in [0.2, 0.25) is 15.9 Å². The van der Waals surface area contributed by atoms with Crippen molar-refractivity contribution in [3.8, 4) is 5.75 Å². The number of hydrogen-bond donors (Lipinski definition) is 1. The van der Waals surface area contributed by atoms with Crippen LogP contribution in [0.5, 0.6) is 5.75 Å². The molecule has 0 aliphatic carbocycles. The lowest BCUT2D eigenvalue weighted by atomic mass is 10.2. The first kappa shape index (κ1) is 20.2. The fraction of sp³-hybridized carbons (Fsp3) is 0.235. The van der Waals surface area contributed by atoms with Crippen molar-refractivity contribution in [1.82, 2.24) is 0 Å². The molecule has 0 fully saturated rings. The molecule has 0 aromatic heterocycles. The molecule has 1 atom stereocenters. The second-order valence-corrected chi connectivity index (χ2v) is 8.32. The zero-order valence-electron chi connectivity index (χ0n) is 14.4. The van der Waals surface area contributed by atoms with Gasteiger partial charge in [0.15, 0.2) is 0 Å². The first-order valence-corrected chi connectivity index (χ1v) is 10.2. The van der Waals surface area contributed by atoms with Gasteiger partial charge in [0.05, 0.1) is 24.7 Å². The van der Waals surface area contributed by atoms with Gasteiger partial charge in [-0.3, -0.25) is 9.10 Å². The number of amides is 1. The van der Waals surface area contributed by atoms with Gasteiger partial charge < -0.3 is 10.1 Å². The van der Waals surface area contributed by atoms with E-state index in [0.717, 1.165) is 10.6 Å². The Labute approximate surface area is 160 Å². The summed E-state index contributed by atoms with van der Waals surface area (Å²) in [6, 6.07) is 9.32. The average Bonchev–Trinajstić information content (AvgIpc) is 2.56. The molecule has 140 valence electrons. The SMILES string of the molecule is COc1ccc(N([C@H](C)C(=O)Nc2ccc(Br)cc2F)S(C)(=O)=O)cc1. The fourth-order valence-corrected chi connectivity index (χ4v) is 3.87. The third-order valence-corrected chi connectivity index (χ3v) is 5.34. The van der Waals surface area contributed by atoms with E-state index in [4.69, 9.17) is 4.74 Å². The van der Waals surface area contributed by atoms with Crippen LogP contribution in [0.1, 0.15) is 6.92 Å². The second-order valence-electron chi connectivity index (χ2n) is 5.55. The molecule has 0 saturated carbocycles. The molecule has 0 unspecified atom stereocenters. The zero-order valence-corrected chi connectivity index (χ0v) is 16.8. The van der Waals surface area contributed by atoms with Crippen molar-refractivity contribution in [1.29, 1.82) is 0 Å². The quantitative estimate of drug-likeness (QED) is 0.740. The summed E-state index contributed by atoms with van der Waals surface area (Å²) in [6.07, 6.45) is 1.00. The maximum absolute atomic E-state index is 13.9. The molecule has 1 N–H and O–H groups in total. The summed E-state index contributed by atoms with van der Waals surface area (Å²) in [4.78, 5) is 12.5. The second kappa shape index (κ2) is 8.05. The Kier molecular flexibility index (Phi) is 6.25. The molecule has 0 bridgehead atoms. The summed E-state index contributed by atoms with van der Waals surface area (Å²) >= 11 is 3.13. The number of anilines is 2. The Morgan fingerprint density at radius 3 is 2.35 bits per heavy atom. The molecular formula is C17H18BrFN2O4S. The van der Waals surface area contributed by atoms with Gasteiger partial charge in [-0.05, 0) is 49.4 Å². The lowest BCUT2D eigenvalue weighted by molar-refractivity contribution is -0.116. The number of carbonyl (C=O) groups is 1. The van der Waals surface area contributed by atoms with E-state index in [1.54, 1.807) is 18.2 Å². The summed E-state index contributed by atoms with van der Waals surface area (Å²) < 4.78 is 44.9. The Morgan fingerprint density at radius 2 is 1.85 bits per heavy atom. The van der Waals surface area contributed by atoms with Crippen molar-refractivity contribution in [2.45, 2.75) is 13.0 Å². The average molecular weight is 445 g/mol. The van der Waals surface area contributed by atoms with Crippen molar-refractivity contribution < 1.29 is 22.3 Å². The lowest BCUT2D eigenvalue weighted by Crippen LogP contribution is -2.45. The molecule has 0 saturated heterocycles. The number of benzene rings is 2. The summed E-state index contributed by atoms with van der Waals surface area (Å²) in [7, 11) is -2.27. The maximum Gasteiger partial charge on any atom is 0.248 e. The van der Waals surface area contributed by atoms with E-state index in [-0.39, 0.29) is 5.69 Å². The number of hydrogen-bond acceptors (Lipinski definition) is 4. The van der Waals surface area contributed by atoms with E-state index < -0.39 is 27.8 Å². The van der Waals surface area contributed by atoms with Crippen molar-refractivity contribution in [3.63, 3.8) is 0 Å². The monoisotopic (exact) mass is 444 g/mol. The Morgan fingerprint density at radius 1 is 1.23 bits per heavy atom.